The highest BCUT2D eigenvalue weighted by molar-refractivity contribution is 9.09. The lowest BCUT2D eigenvalue weighted by Crippen LogP contribution is -2.04. The van der Waals surface area contributed by atoms with E-state index in [1.807, 2.05) is 19.1 Å². The van der Waals surface area contributed by atoms with Gasteiger partial charge in [0.05, 0.1) is 5.33 Å². The fourth-order valence-corrected chi connectivity index (χ4v) is 1.50. The maximum Gasteiger partial charge on any atom is 0.147 e. The second-order valence-electron chi connectivity index (χ2n) is 3.28. The minimum Gasteiger partial charge on any atom is -0.298 e. The van der Waals surface area contributed by atoms with E-state index in [-0.39, 0.29) is 5.78 Å². The summed E-state index contributed by atoms with van der Waals surface area (Å²) < 4.78 is 0. The van der Waals surface area contributed by atoms with Crippen LogP contribution in [0.4, 0.5) is 0 Å². The lowest BCUT2D eigenvalue weighted by molar-refractivity contribution is -0.115. The van der Waals surface area contributed by atoms with Gasteiger partial charge in [0.15, 0.2) is 0 Å². The molecule has 2 heteroatoms. The van der Waals surface area contributed by atoms with Crippen molar-refractivity contribution in [1.29, 1.82) is 0 Å². The number of Topliss-reactive ketones (excluding diaryl/α,β-unsaturated/α-hetero) is 1. The van der Waals surface area contributed by atoms with Crippen LogP contribution in [0.5, 0.6) is 0 Å². The monoisotopic (exact) mass is 240 g/mol. The maximum atomic E-state index is 11.2. The van der Waals surface area contributed by atoms with Crippen molar-refractivity contribution in [2.24, 2.45) is 0 Å². The highest BCUT2D eigenvalue weighted by Gasteiger charge is 2.03. The normalized spacial score (nSPS) is 10.1. The van der Waals surface area contributed by atoms with Gasteiger partial charge in [-0.2, -0.15) is 0 Å². The zero-order chi connectivity index (χ0) is 9.84. The van der Waals surface area contributed by atoms with Crippen molar-refractivity contribution >= 4 is 21.7 Å². The molecule has 1 nitrogen and oxygen atoms in total. The number of carbonyl (C=O) groups is 1. The second kappa shape index (κ2) is 4.56. The zero-order valence-corrected chi connectivity index (χ0v) is 9.52. The van der Waals surface area contributed by atoms with Crippen LogP contribution in [0.1, 0.15) is 16.7 Å². The molecule has 1 rings (SSSR count). The van der Waals surface area contributed by atoms with Crippen molar-refractivity contribution in [1.82, 2.24) is 0 Å². The Morgan fingerprint density at radius 1 is 1.38 bits per heavy atom. The fourth-order valence-electron chi connectivity index (χ4n) is 1.30. The average Bonchev–Trinajstić information content (AvgIpc) is 2.09. The molecule has 0 fully saturated rings. The van der Waals surface area contributed by atoms with E-state index in [1.165, 1.54) is 11.1 Å². The molecule has 0 aliphatic rings. The van der Waals surface area contributed by atoms with Gasteiger partial charge < -0.3 is 0 Å². The molecule has 0 saturated carbocycles. The lowest BCUT2D eigenvalue weighted by Gasteiger charge is -2.04. The van der Waals surface area contributed by atoms with Crippen LogP contribution in [0.15, 0.2) is 18.2 Å². The van der Waals surface area contributed by atoms with Crippen LogP contribution in [-0.4, -0.2) is 11.1 Å². The Balaban J connectivity index is 2.83. The molecule has 0 heterocycles. The van der Waals surface area contributed by atoms with Crippen molar-refractivity contribution < 1.29 is 4.79 Å². The molecule has 13 heavy (non-hydrogen) atoms. The van der Waals surface area contributed by atoms with E-state index in [2.05, 4.69) is 28.9 Å². The van der Waals surface area contributed by atoms with E-state index < -0.39 is 0 Å². The van der Waals surface area contributed by atoms with Crippen LogP contribution < -0.4 is 0 Å². The van der Waals surface area contributed by atoms with E-state index in [0.29, 0.717) is 11.8 Å². The SMILES string of the molecule is Cc1ccc(CC(=O)CBr)c(C)c1. The Hall–Kier alpha value is -0.630. The van der Waals surface area contributed by atoms with E-state index in [4.69, 9.17) is 0 Å². The topological polar surface area (TPSA) is 17.1 Å². The number of aryl methyl sites for hydroxylation is 2. The lowest BCUT2D eigenvalue weighted by atomic mass is 10.0. The number of carbonyl (C=O) groups excluding carboxylic acids is 1. The van der Waals surface area contributed by atoms with Gasteiger partial charge >= 0.3 is 0 Å². The molecule has 0 saturated heterocycles. The molecule has 70 valence electrons. The molecule has 0 atom stereocenters. The first-order valence-electron chi connectivity index (χ1n) is 4.27. The van der Waals surface area contributed by atoms with Gasteiger partial charge in [-0.3, -0.25) is 4.79 Å². The van der Waals surface area contributed by atoms with Crippen LogP contribution in [0.2, 0.25) is 0 Å². The van der Waals surface area contributed by atoms with Gasteiger partial charge in [0.2, 0.25) is 0 Å². The molecule has 0 spiro atoms. The first kappa shape index (κ1) is 10.5. The summed E-state index contributed by atoms with van der Waals surface area (Å²) in [7, 11) is 0. The van der Waals surface area contributed by atoms with Gasteiger partial charge in [0.25, 0.3) is 0 Å². The summed E-state index contributed by atoms with van der Waals surface area (Å²) in [4.78, 5) is 11.2. The summed E-state index contributed by atoms with van der Waals surface area (Å²) in [6.45, 7) is 4.10. The molecule has 0 aromatic heterocycles. The summed E-state index contributed by atoms with van der Waals surface area (Å²) >= 11 is 3.16. The Labute approximate surface area is 87.3 Å². The number of rotatable bonds is 3. The quantitative estimate of drug-likeness (QED) is 0.743. The van der Waals surface area contributed by atoms with Crippen molar-refractivity contribution in [2.75, 3.05) is 5.33 Å². The summed E-state index contributed by atoms with van der Waals surface area (Å²) in [5.74, 6) is 0.229. The Kier molecular flexibility index (Phi) is 3.67. The first-order valence-corrected chi connectivity index (χ1v) is 5.39. The molecule has 0 aliphatic heterocycles. The van der Waals surface area contributed by atoms with Gasteiger partial charge in [-0.15, -0.1) is 0 Å². The minimum atomic E-state index is 0.229. The van der Waals surface area contributed by atoms with Gasteiger partial charge in [0, 0.05) is 6.42 Å². The molecular weight excluding hydrogens is 228 g/mol. The van der Waals surface area contributed by atoms with Crippen LogP contribution >= 0.6 is 15.9 Å². The first-order chi connectivity index (χ1) is 6.13. The van der Waals surface area contributed by atoms with Gasteiger partial charge in [-0.25, -0.2) is 0 Å². The van der Waals surface area contributed by atoms with Crippen molar-refractivity contribution in [3.8, 4) is 0 Å². The van der Waals surface area contributed by atoms with Crippen LogP contribution in [0.3, 0.4) is 0 Å². The largest absolute Gasteiger partial charge is 0.298 e. The Morgan fingerprint density at radius 3 is 2.62 bits per heavy atom. The minimum absolute atomic E-state index is 0.229. The molecule has 0 amide bonds. The van der Waals surface area contributed by atoms with E-state index >= 15 is 0 Å². The number of benzene rings is 1. The summed E-state index contributed by atoms with van der Waals surface area (Å²) in [5.41, 5.74) is 3.58. The molecule has 0 radical (unpaired) electrons. The summed E-state index contributed by atoms with van der Waals surface area (Å²) in [5, 5.41) is 0.445. The predicted molar refractivity (Wildman–Crippen MR) is 58.4 cm³/mol. The molecular formula is C11H13BrO. The molecule has 0 aliphatic carbocycles. The summed E-state index contributed by atoms with van der Waals surface area (Å²) in [6, 6.07) is 6.19. The number of hydrogen-bond donors (Lipinski definition) is 0. The zero-order valence-electron chi connectivity index (χ0n) is 7.93. The standard InChI is InChI=1S/C11H13BrO/c1-8-3-4-10(9(2)5-8)6-11(13)7-12/h3-5H,6-7H2,1-2H3. The van der Waals surface area contributed by atoms with Crippen molar-refractivity contribution in [2.45, 2.75) is 20.3 Å². The number of ketones is 1. The third-order valence-electron chi connectivity index (χ3n) is 2.03. The van der Waals surface area contributed by atoms with E-state index in [0.717, 1.165) is 5.56 Å². The van der Waals surface area contributed by atoms with Crippen molar-refractivity contribution in [3.63, 3.8) is 0 Å². The fraction of sp³-hybridized carbons (Fsp3) is 0.364. The molecule has 0 unspecified atom stereocenters. The number of hydrogen-bond acceptors (Lipinski definition) is 1. The highest BCUT2D eigenvalue weighted by atomic mass is 79.9. The predicted octanol–water partition coefficient (Wildman–Crippen LogP) is 2.81. The maximum absolute atomic E-state index is 11.2. The number of halogens is 1. The molecule has 1 aromatic rings. The van der Waals surface area contributed by atoms with E-state index in [9.17, 15) is 4.79 Å². The Morgan fingerprint density at radius 2 is 2.08 bits per heavy atom. The third kappa shape index (κ3) is 2.96. The van der Waals surface area contributed by atoms with Crippen molar-refractivity contribution in [3.05, 3.63) is 34.9 Å². The Bertz CT molecular complexity index is 318. The van der Waals surface area contributed by atoms with E-state index in [1.54, 1.807) is 0 Å². The van der Waals surface area contributed by atoms with Crippen LogP contribution in [-0.2, 0) is 11.2 Å². The second-order valence-corrected chi connectivity index (χ2v) is 3.84. The van der Waals surface area contributed by atoms with Crippen LogP contribution in [0.25, 0.3) is 0 Å². The molecule has 1 aromatic carbocycles. The van der Waals surface area contributed by atoms with Gasteiger partial charge in [-0.05, 0) is 25.0 Å². The summed E-state index contributed by atoms with van der Waals surface area (Å²) in [6.07, 6.45) is 0.539. The highest BCUT2D eigenvalue weighted by Crippen LogP contribution is 2.11. The average molecular weight is 241 g/mol. The van der Waals surface area contributed by atoms with Gasteiger partial charge in [-0.1, -0.05) is 39.7 Å². The number of alkyl halides is 1. The molecule has 0 bridgehead atoms. The molecule has 0 N–H and O–H groups in total. The third-order valence-corrected chi connectivity index (χ3v) is 2.66. The smallest absolute Gasteiger partial charge is 0.147 e. The van der Waals surface area contributed by atoms with Gasteiger partial charge in [0.1, 0.15) is 5.78 Å². The van der Waals surface area contributed by atoms with Crippen LogP contribution in [0, 0.1) is 13.8 Å².